The van der Waals surface area contributed by atoms with Crippen LogP contribution in [0.3, 0.4) is 0 Å². The smallest absolute Gasteiger partial charge is 0.332 e. The second-order valence-electron chi connectivity index (χ2n) is 3.97. The molecule has 17 heavy (non-hydrogen) atoms. The molecule has 1 heterocycles. The first kappa shape index (κ1) is 11.6. The fraction of sp³-hybridized carbons (Fsp3) is 0.333. The van der Waals surface area contributed by atoms with Gasteiger partial charge in [-0.2, -0.15) is 0 Å². The van der Waals surface area contributed by atoms with E-state index >= 15 is 0 Å². The largest absolute Gasteiger partial charge is 0.479 e. The third-order valence-electron chi connectivity index (χ3n) is 2.81. The Labute approximate surface area is 98.6 Å². The van der Waals surface area contributed by atoms with Gasteiger partial charge in [-0.15, -0.1) is 0 Å². The number of carboxylic acid groups (broad SMARTS) is 1. The van der Waals surface area contributed by atoms with Gasteiger partial charge in [0.2, 0.25) is 0 Å². The molecule has 5 nitrogen and oxygen atoms in total. The van der Waals surface area contributed by atoms with Crippen molar-refractivity contribution in [3.05, 3.63) is 35.4 Å². The molecule has 1 aromatic rings. The summed E-state index contributed by atoms with van der Waals surface area (Å²) in [6, 6.07) is 7.06. The van der Waals surface area contributed by atoms with E-state index in [-0.39, 0.29) is 5.91 Å². The Kier molecular flexibility index (Phi) is 2.85. The van der Waals surface area contributed by atoms with Crippen LogP contribution in [0.5, 0.6) is 0 Å². The molecule has 1 aromatic carbocycles. The summed E-state index contributed by atoms with van der Waals surface area (Å²) in [6.07, 6.45) is -1.58. The van der Waals surface area contributed by atoms with Crippen molar-refractivity contribution in [3.8, 4) is 0 Å². The lowest BCUT2D eigenvalue weighted by atomic mass is 10.1. The SMILES string of the molecule is C[C@@H](O[C@@H]1c2ccccc2C(=O)N1C)C(=O)O. The maximum absolute atomic E-state index is 11.9. The number of hydrogen-bond acceptors (Lipinski definition) is 3. The van der Waals surface area contributed by atoms with Crippen LogP contribution in [0.15, 0.2) is 24.3 Å². The Morgan fingerprint density at radius 3 is 2.76 bits per heavy atom. The molecule has 0 aromatic heterocycles. The molecule has 1 aliphatic heterocycles. The first-order valence-electron chi connectivity index (χ1n) is 5.26. The van der Waals surface area contributed by atoms with E-state index in [0.717, 1.165) is 0 Å². The number of fused-ring (bicyclic) bond motifs is 1. The van der Waals surface area contributed by atoms with E-state index in [0.29, 0.717) is 11.1 Å². The van der Waals surface area contributed by atoms with E-state index in [4.69, 9.17) is 9.84 Å². The third-order valence-corrected chi connectivity index (χ3v) is 2.81. The molecule has 0 aliphatic carbocycles. The van der Waals surface area contributed by atoms with Crippen molar-refractivity contribution in [2.24, 2.45) is 0 Å². The number of aliphatic carboxylic acids is 1. The van der Waals surface area contributed by atoms with Crippen LogP contribution in [-0.4, -0.2) is 35.0 Å². The summed E-state index contributed by atoms with van der Waals surface area (Å²) in [5, 5.41) is 8.81. The van der Waals surface area contributed by atoms with E-state index in [1.54, 1.807) is 31.3 Å². The maximum Gasteiger partial charge on any atom is 0.332 e. The number of rotatable bonds is 3. The molecule has 0 bridgehead atoms. The number of carboxylic acids is 1. The minimum Gasteiger partial charge on any atom is -0.479 e. The second kappa shape index (κ2) is 4.18. The van der Waals surface area contributed by atoms with Gasteiger partial charge in [-0.25, -0.2) is 4.79 Å². The Balaban J connectivity index is 2.30. The molecule has 1 amide bonds. The van der Waals surface area contributed by atoms with Crippen LogP contribution >= 0.6 is 0 Å². The van der Waals surface area contributed by atoms with Gasteiger partial charge in [-0.1, -0.05) is 18.2 Å². The van der Waals surface area contributed by atoms with Crippen molar-refractivity contribution in [1.82, 2.24) is 4.90 Å². The normalized spacial score (nSPS) is 20.2. The first-order chi connectivity index (χ1) is 8.02. The minimum absolute atomic E-state index is 0.150. The fourth-order valence-corrected chi connectivity index (χ4v) is 1.83. The Morgan fingerprint density at radius 2 is 2.12 bits per heavy atom. The zero-order chi connectivity index (χ0) is 12.6. The van der Waals surface area contributed by atoms with Crippen LogP contribution in [-0.2, 0) is 9.53 Å². The summed E-state index contributed by atoms with van der Waals surface area (Å²) >= 11 is 0. The van der Waals surface area contributed by atoms with E-state index < -0.39 is 18.3 Å². The van der Waals surface area contributed by atoms with Gasteiger partial charge in [-0.05, 0) is 13.0 Å². The zero-order valence-electron chi connectivity index (χ0n) is 9.58. The van der Waals surface area contributed by atoms with Gasteiger partial charge in [0.05, 0.1) is 0 Å². The second-order valence-corrected chi connectivity index (χ2v) is 3.97. The summed E-state index contributed by atoms with van der Waals surface area (Å²) in [7, 11) is 1.60. The molecule has 0 radical (unpaired) electrons. The highest BCUT2D eigenvalue weighted by Crippen LogP contribution is 2.33. The molecular weight excluding hydrogens is 222 g/mol. The average Bonchev–Trinajstić information content (AvgIpc) is 2.55. The van der Waals surface area contributed by atoms with Crippen molar-refractivity contribution in [1.29, 1.82) is 0 Å². The minimum atomic E-state index is -1.05. The summed E-state index contributed by atoms with van der Waals surface area (Å²) in [6.45, 7) is 1.45. The Bertz CT molecular complexity index is 471. The molecule has 0 fully saturated rings. The highest BCUT2D eigenvalue weighted by Gasteiger charge is 2.36. The van der Waals surface area contributed by atoms with Crippen molar-refractivity contribution in [2.75, 3.05) is 7.05 Å². The lowest BCUT2D eigenvalue weighted by Crippen LogP contribution is -2.30. The molecule has 5 heteroatoms. The molecular formula is C12H13NO4. The zero-order valence-corrected chi connectivity index (χ0v) is 9.58. The van der Waals surface area contributed by atoms with E-state index in [1.807, 2.05) is 0 Å². The van der Waals surface area contributed by atoms with Crippen molar-refractivity contribution in [3.63, 3.8) is 0 Å². The third kappa shape index (κ3) is 1.89. The molecule has 0 unspecified atom stereocenters. The van der Waals surface area contributed by atoms with Crippen molar-refractivity contribution in [2.45, 2.75) is 19.3 Å². The van der Waals surface area contributed by atoms with Crippen LogP contribution in [0.1, 0.15) is 29.1 Å². The summed E-state index contributed by atoms with van der Waals surface area (Å²) in [5.74, 6) is -1.20. The van der Waals surface area contributed by atoms with Gasteiger partial charge in [0, 0.05) is 18.2 Å². The monoisotopic (exact) mass is 235 g/mol. The lowest BCUT2D eigenvalue weighted by Gasteiger charge is -2.23. The first-order valence-corrected chi connectivity index (χ1v) is 5.26. The molecule has 2 atom stereocenters. The molecule has 90 valence electrons. The summed E-state index contributed by atoms with van der Waals surface area (Å²) in [4.78, 5) is 24.0. The van der Waals surface area contributed by atoms with Gasteiger partial charge >= 0.3 is 5.97 Å². The number of carbonyl (C=O) groups is 2. The molecule has 1 aliphatic rings. The van der Waals surface area contributed by atoms with Crippen LogP contribution in [0.25, 0.3) is 0 Å². The number of ether oxygens (including phenoxy) is 1. The maximum atomic E-state index is 11.9. The number of hydrogen-bond donors (Lipinski definition) is 1. The number of benzene rings is 1. The molecule has 0 saturated carbocycles. The van der Waals surface area contributed by atoms with E-state index in [1.165, 1.54) is 11.8 Å². The predicted molar refractivity (Wildman–Crippen MR) is 59.5 cm³/mol. The summed E-state index contributed by atoms with van der Waals surface area (Å²) in [5.41, 5.74) is 1.28. The Hall–Kier alpha value is -1.88. The van der Waals surface area contributed by atoms with Gasteiger partial charge in [0.1, 0.15) is 0 Å². The number of carbonyl (C=O) groups excluding carboxylic acids is 1. The van der Waals surface area contributed by atoms with Gasteiger partial charge < -0.3 is 14.7 Å². The van der Waals surface area contributed by atoms with Crippen LogP contribution in [0, 0.1) is 0 Å². The van der Waals surface area contributed by atoms with Crippen LogP contribution in [0.2, 0.25) is 0 Å². The molecule has 0 saturated heterocycles. The molecule has 1 N–H and O–H groups in total. The van der Waals surface area contributed by atoms with Crippen molar-refractivity contribution >= 4 is 11.9 Å². The quantitative estimate of drug-likeness (QED) is 0.856. The molecule has 2 rings (SSSR count). The summed E-state index contributed by atoms with van der Waals surface area (Å²) < 4.78 is 5.39. The highest BCUT2D eigenvalue weighted by molar-refractivity contribution is 5.98. The molecule has 0 spiro atoms. The van der Waals surface area contributed by atoms with Crippen LogP contribution in [0.4, 0.5) is 0 Å². The van der Waals surface area contributed by atoms with Crippen molar-refractivity contribution < 1.29 is 19.4 Å². The predicted octanol–water partition coefficient (Wildman–Crippen LogP) is 1.26. The van der Waals surface area contributed by atoms with E-state index in [2.05, 4.69) is 0 Å². The fourth-order valence-electron chi connectivity index (χ4n) is 1.83. The van der Waals surface area contributed by atoms with E-state index in [9.17, 15) is 9.59 Å². The number of amides is 1. The Morgan fingerprint density at radius 1 is 1.47 bits per heavy atom. The van der Waals surface area contributed by atoms with Gasteiger partial charge in [-0.3, -0.25) is 4.79 Å². The lowest BCUT2D eigenvalue weighted by molar-refractivity contribution is -0.158. The van der Waals surface area contributed by atoms with Crippen LogP contribution < -0.4 is 0 Å². The topological polar surface area (TPSA) is 66.8 Å². The standard InChI is InChI=1S/C12H13NO4/c1-7(12(15)16)17-11-9-6-4-3-5-8(9)10(14)13(11)2/h3-7,11H,1-2H3,(H,15,16)/t7-,11-/m1/s1. The van der Waals surface area contributed by atoms with Gasteiger partial charge in [0.25, 0.3) is 5.91 Å². The number of nitrogens with zero attached hydrogens (tertiary/aromatic N) is 1. The van der Waals surface area contributed by atoms with Gasteiger partial charge in [0.15, 0.2) is 12.3 Å². The highest BCUT2D eigenvalue weighted by atomic mass is 16.5. The average molecular weight is 235 g/mol.